The second kappa shape index (κ2) is 4.25. The van der Waals surface area contributed by atoms with Gasteiger partial charge in [-0.05, 0) is 12.1 Å². The molecule has 0 bridgehead atoms. The van der Waals surface area contributed by atoms with Crippen molar-refractivity contribution < 1.29 is 19.1 Å². The normalized spacial score (nSPS) is 10.7. The molecule has 0 fully saturated rings. The van der Waals surface area contributed by atoms with Gasteiger partial charge in [0.15, 0.2) is 5.82 Å². The molecule has 3 rings (SSSR count). The Hall–Kier alpha value is -2.61. The lowest BCUT2D eigenvalue weighted by Crippen LogP contribution is -2.11. The number of fused-ring (bicyclic) bond motifs is 1. The van der Waals surface area contributed by atoms with Crippen LogP contribution in [0.4, 0.5) is 5.82 Å². The summed E-state index contributed by atoms with van der Waals surface area (Å²) >= 11 is 1.06. The van der Waals surface area contributed by atoms with Crippen LogP contribution in [-0.2, 0) is 0 Å². The predicted octanol–water partition coefficient (Wildman–Crippen LogP) is 2.17. The van der Waals surface area contributed by atoms with Crippen molar-refractivity contribution in [2.75, 3.05) is 5.32 Å². The van der Waals surface area contributed by atoms with Crippen molar-refractivity contribution in [1.82, 2.24) is 10.2 Å². The lowest BCUT2D eigenvalue weighted by Gasteiger charge is -1.98. The smallest absolute Gasteiger partial charge is 0.345 e. The van der Waals surface area contributed by atoms with Gasteiger partial charge < -0.3 is 14.8 Å². The van der Waals surface area contributed by atoms with E-state index in [-0.39, 0.29) is 10.8 Å². The Kier molecular flexibility index (Phi) is 2.57. The van der Waals surface area contributed by atoms with Crippen molar-refractivity contribution in [2.24, 2.45) is 0 Å². The largest absolute Gasteiger partial charge is 0.477 e. The highest BCUT2D eigenvalue weighted by Gasteiger charge is 2.16. The van der Waals surface area contributed by atoms with Crippen molar-refractivity contribution in [2.45, 2.75) is 0 Å². The minimum atomic E-state index is -1.01. The predicted molar refractivity (Wildman–Crippen MR) is 67.6 cm³/mol. The minimum Gasteiger partial charge on any atom is -0.477 e. The van der Waals surface area contributed by atoms with E-state index in [0.717, 1.165) is 11.3 Å². The number of hydrogen-bond acceptors (Lipinski definition) is 5. The van der Waals surface area contributed by atoms with Gasteiger partial charge in [-0.15, -0.1) is 11.3 Å². The van der Waals surface area contributed by atoms with Crippen molar-refractivity contribution in [3.05, 3.63) is 35.1 Å². The topological polar surface area (TPSA) is 108 Å². The monoisotopic (exact) mass is 277 g/mol. The number of thiophene rings is 1. The van der Waals surface area contributed by atoms with Gasteiger partial charge in [0.1, 0.15) is 16.0 Å². The maximum atomic E-state index is 11.8. The van der Waals surface area contributed by atoms with Crippen LogP contribution in [-0.4, -0.2) is 27.2 Å². The van der Waals surface area contributed by atoms with Crippen LogP contribution in [0.2, 0.25) is 0 Å². The first-order valence-electron chi connectivity index (χ1n) is 5.20. The van der Waals surface area contributed by atoms with Crippen LogP contribution in [0, 0.1) is 0 Å². The molecule has 0 unspecified atom stereocenters. The summed E-state index contributed by atoms with van der Waals surface area (Å²) in [4.78, 5) is 23.5. The van der Waals surface area contributed by atoms with E-state index in [2.05, 4.69) is 15.5 Å². The molecule has 3 aromatic rings. The molecule has 7 nitrogen and oxygen atoms in total. The van der Waals surface area contributed by atoms with Crippen LogP contribution < -0.4 is 5.32 Å². The summed E-state index contributed by atoms with van der Waals surface area (Å²) in [7, 11) is 0. The molecule has 0 saturated carbocycles. The number of furan rings is 1. The van der Waals surface area contributed by atoms with Crippen molar-refractivity contribution in [1.29, 1.82) is 0 Å². The molecular weight excluding hydrogens is 270 g/mol. The van der Waals surface area contributed by atoms with Crippen molar-refractivity contribution >= 4 is 39.2 Å². The average Bonchev–Trinajstić information content (AvgIpc) is 3.05. The van der Waals surface area contributed by atoms with Crippen LogP contribution in [0.15, 0.2) is 29.1 Å². The third-order valence-corrected chi connectivity index (χ3v) is 3.51. The maximum Gasteiger partial charge on any atom is 0.345 e. The number of anilines is 1. The first-order valence-corrected chi connectivity index (χ1v) is 6.01. The zero-order valence-corrected chi connectivity index (χ0v) is 10.2. The number of carboxylic acid groups (broad SMARTS) is 1. The molecule has 3 aromatic heterocycles. The number of aromatic nitrogens is 2. The molecule has 0 radical (unpaired) electrons. The van der Waals surface area contributed by atoms with Gasteiger partial charge in [-0.3, -0.25) is 9.89 Å². The first kappa shape index (κ1) is 11.5. The zero-order chi connectivity index (χ0) is 13.4. The highest BCUT2D eigenvalue weighted by Crippen LogP contribution is 2.29. The molecule has 0 aromatic carbocycles. The molecule has 96 valence electrons. The number of hydrogen-bond donors (Lipinski definition) is 3. The third kappa shape index (κ3) is 1.97. The molecule has 0 aliphatic heterocycles. The quantitative estimate of drug-likeness (QED) is 0.679. The van der Waals surface area contributed by atoms with Gasteiger partial charge in [0.05, 0.1) is 17.2 Å². The van der Waals surface area contributed by atoms with Gasteiger partial charge in [0, 0.05) is 0 Å². The van der Waals surface area contributed by atoms with Crippen LogP contribution in [0.3, 0.4) is 0 Å². The van der Waals surface area contributed by atoms with E-state index in [1.807, 2.05) is 0 Å². The van der Waals surface area contributed by atoms with E-state index < -0.39 is 5.97 Å². The number of carboxylic acids is 1. The molecule has 1 amide bonds. The summed E-state index contributed by atoms with van der Waals surface area (Å²) in [5.74, 6) is -1.09. The van der Waals surface area contributed by atoms with Gasteiger partial charge in [-0.25, -0.2) is 4.79 Å². The van der Waals surface area contributed by atoms with Gasteiger partial charge in [-0.1, -0.05) is 0 Å². The average molecular weight is 277 g/mol. The molecular formula is C11H7N3O4S. The van der Waals surface area contributed by atoms with E-state index in [9.17, 15) is 9.59 Å². The molecule has 0 saturated heterocycles. The van der Waals surface area contributed by atoms with Crippen LogP contribution in [0.25, 0.3) is 10.2 Å². The highest BCUT2D eigenvalue weighted by molar-refractivity contribution is 7.20. The summed E-state index contributed by atoms with van der Waals surface area (Å²) in [5.41, 5.74) is 0.366. The molecule has 8 heteroatoms. The Bertz CT molecular complexity index is 756. The lowest BCUT2D eigenvalue weighted by molar-refractivity contribution is 0.0702. The van der Waals surface area contributed by atoms with E-state index in [0.29, 0.717) is 21.6 Å². The zero-order valence-electron chi connectivity index (χ0n) is 9.34. The molecule has 3 N–H and O–H groups in total. The summed E-state index contributed by atoms with van der Waals surface area (Å²) < 4.78 is 4.81. The molecule has 0 spiro atoms. The van der Waals surface area contributed by atoms with Crippen LogP contribution in [0.1, 0.15) is 20.0 Å². The summed E-state index contributed by atoms with van der Waals surface area (Å²) in [6.45, 7) is 0. The molecule has 0 atom stereocenters. The number of H-pyrrole nitrogens is 1. The second-order valence-electron chi connectivity index (χ2n) is 3.70. The van der Waals surface area contributed by atoms with E-state index in [1.54, 1.807) is 0 Å². The van der Waals surface area contributed by atoms with Crippen LogP contribution >= 0.6 is 11.3 Å². The molecule has 19 heavy (non-hydrogen) atoms. The Morgan fingerprint density at radius 1 is 1.47 bits per heavy atom. The van der Waals surface area contributed by atoms with E-state index >= 15 is 0 Å². The van der Waals surface area contributed by atoms with Crippen LogP contribution in [0.5, 0.6) is 0 Å². The fourth-order valence-electron chi connectivity index (χ4n) is 1.59. The SMILES string of the molecule is O=C(Nc1n[nH]c2sc(C(=O)O)cc12)c1ccoc1. The third-order valence-electron chi connectivity index (χ3n) is 2.48. The standard InChI is InChI=1S/C11H7N3O4S/c15-9(5-1-2-18-4-5)12-8-6-3-7(11(16)17)19-10(6)14-13-8/h1-4H,(H,16,17)(H2,12,13,14,15). The number of rotatable bonds is 3. The van der Waals surface area contributed by atoms with E-state index in [4.69, 9.17) is 9.52 Å². The number of nitrogens with one attached hydrogen (secondary N) is 2. The summed E-state index contributed by atoms with van der Waals surface area (Å²) in [6, 6.07) is 2.99. The van der Waals surface area contributed by atoms with E-state index in [1.165, 1.54) is 24.7 Å². The molecule has 0 aliphatic rings. The Morgan fingerprint density at radius 3 is 3.00 bits per heavy atom. The number of carbonyl (C=O) groups is 2. The number of aromatic carboxylic acids is 1. The number of carbonyl (C=O) groups excluding carboxylic acids is 1. The summed E-state index contributed by atoms with van der Waals surface area (Å²) in [5, 5.41) is 18.7. The van der Waals surface area contributed by atoms with Gasteiger partial charge in [-0.2, -0.15) is 5.10 Å². The Morgan fingerprint density at radius 2 is 2.32 bits per heavy atom. The minimum absolute atomic E-state index is 0.183. The molecule has 3 heterocycles. The number of aromatic amines is 1. The number of nitrogens with zero attached hydrogens (tertiary/aromatic N) is 1. The van der Waals surface area contributed by atoms with Gasteiger partial charge >= 0.3 is 5.97 Å². The van der Waals surface area contributed by atoms with Gasteiger partial charge in [0.25, 0.3) is 5.91 Å². The van der Waals surface area contributed by atoms with Gasteiger partial charge in [0.2, 0.25) is 0 Å². The summed E-state index contributed by atoms with van der Waals surface area (Å²) in [6.07, 6.45) is 2.71. The maximum absolute atomic E-state index is 11.8. The Balaban J connectivity index is 1.93. The second-order valence-corrected chi connectivity index (χ2v) is 4.75. The van der Waals surface area contributed by atoms with Crippen molar-refractivity contribution in [3.8, 4) is 0 Å². The number of amides is 1. The fourth-order valence-corrected chi connectivity index (χ4v) is 2.43. The first-order chi connectivity index (χ1) is 9.15. The van der Waals surface area contributed by atoms with Crippen molar-refractivity contribution in [3.63, 3.8) is 0 Å². The highest BCUT2D eigenvalue weighted by atomic mass is 32.1. The molecule has 0 aliphatic carbocycles. The fraction of sp³-hybridized carbons (Fsp3) is 0. The Labute approximate surface area is 109 Å². The lowest BCUT2D eigenvalue weighted by atomic mass is 10.3.